The van der Waals surface area contributed by atoms with Crippen molar-refractivity contribution < 1.29 is 32.9 Å². The first-order valence-corrected chi connectivity index (χ1v) is 25.0. The monoisotopic (exact) mass is 801 g/mol. The molecule has 8 nitrogen and oxygen atoms in total. The average molecular weight is 801 g/mol. The number of amides is 1. The van der Waals surface area contributed by atoms with Gasteiger partial charge in [0.1, 0.15) is 13.2 Å². The lowest BCUT2D eigenvalue weighted by Gasteiger charge is -2.30. The Hall–Kier alpha value is -0.760. The first kappa shape index (κ1) is 54.2. The molecule has 0 aliphatic rings. The first-order valence-electron chi connectivity index (χ1n) is 23.5. The van der Waals surface area contributed by atoms with Crippen LogP contribution in [0.5, 0.6) is 0 Å². The zero-order valence-electron chi connectivity index (χ0n) is 37.1. The number of carbonyl (C=O) groups is 1. The molecule has 0 fully saturated rings. The predicted octanol–water partition coefficient (Wildman–Crippen LogP) is 12.5. The van der Waals surface area contributed by atoms with E-state index in [9.17, 15) is 19.4 Å². The van der Waals surface area contributed by atoms with Crippen LogP contribution in [0, 0.1) is 0 Å². The van der Waals surface area contributed by atoms with Crippen molar-refractivity contribution in [1.29, 1.82) is 0 Å². The van der Waals surface area contributed by atoms with E-state index in [2.05, 4.69) is 31.3 Å². The Bertz CT molecular complexity index is 911. The third-order valence-electron chi connectivity index (χ3n) is 10.8. The Balaban J connectivity index is 4.30. The molecule has 3 atom stereocenters. The van der Waals surface area contributed by atoms with Gasteiger partial charge in [0, 0.05) is 6.42 Å². The highest BCUT2D eigenvalue weighted by Gasteiger charge is 2.24. The van der Waals surface area contributed by atoms with Crippen LogP contribution in [0.25, 0.3) is 0 Å². The van der Waals surface area contributed by atoms with Gasteiger partial charge in [0.25, 0.3) is 7.82 Å². The van der Waals surface area contributed by atoms with Gasteiger partial charge in [0.05, 0.1) is 39.9 Å². The number of rotatable bonds is 43. The van der Waals surface area contributed by atoms with Crippen LogP contribution in [0.3, 0.4) is 0 Å². The predicted molar refractivity (Wildman–Crippen MR) is 233 cm³/mol. The second kappa shape index (κ2) is 38.7. The van der Waals surface area contributed by atoms with Gasteiger partial charge in [-0.25, -0.2) is 0 Å². The molecule has 0 rings (SSSR count). The molecule has 0 saturated heterocycles. The van der Waals surface area contributed by atoms with Gasteiger partial charge >= 0.3 is 0 Å². The second-order valence-electron chi connectivity index (χ2n) is 17.5. The van der Waals surface area contributed by atoms with E-state index >= 15 is 0 Å². The zero-order chi connectivity index (χ0) is 40.7. The number of nitrogens with one attached hydrogen (secondary N) is 1. The number of nitrogens with zero attached hydrogens (tertiary/aromatic N) is 1. The smallest absolute Gasteiger partial charge is 0.268 e. The summed E-state index contributed by atoms with van der Waals surface area (Å²) in [4.78, 5) is 25.3. The zero-order valence-corrected chi connectivity index (χ0v) is 38.0. The molecule has 2 N–H and O–H groups in total. The van der Waals surface area contributed by atoms with Gasteiger partial charge in [-0.2, -0.15) is 0 Å². The lowest BCUT2D eigenvalue weighted by molar-refractivity contribution is -0.870. The minimum absolute atomic E-state index is 0.0132. The van der Waals surface area contributed by atoms with Crippen molar-refractivity contribution in [2.45, 2.75) is 238 Å². The minimum Gasteiger partial charge on any atom is -0.756 e. The molecular formula is C46H93N2O6P. The van der Waals surface area contributed by atoms with Gasteiger partial charge in [0.15, 0.2) is 0 Å². The molecule has 0 spiro atoms. The van der Waals surface area contributed by atoms with Crippen LogP contribution in [0.4, 0.5) is 0 Å². The number of aliphatic hydroxyl groups is 1. The molecule has 3 unspecified atom stereocenters. The van der Waals surface area contributed by atoms with Gasteiger partial charge < -0.3 is 28.8 Å². The Morgan fingerprint density at radius 3 is 1.42 bits per heavy atom. The number of quaternary nitrogens is 1. The summed E-state index contributed by atoms with van der Waals surface area (Å²) in [6.07, 6.45) is 43.5. The van der Waals surface area contributed by atoms with Crippen molar-refractivity contribution in [3.63, 3.8) is 0 Å². The van der Waals surface area contributed by atoms with Crippen LogP contribution in [0.2, 0.25) is 0 Å². The Morgan fingerprint density at radius 2 is 1.00 bits per heavy atom. The van der Waals surface area contributed by atoms with Gasteiger partial charge in [-0.15, -0.1) is 0 Å². The summed E-state index contributed by atoms with van der Waals surface area (Å²) in [6, 6.07) is -0.798. The molecule has 1 amide bonds. The quantitative estimate of drug-likeness (QED) is 0.0275. The Kier molecular flexibility index (Phi) is 38.2. The lowest BCUT2D eigenvalue weighted by Crippen LogP contribution is -2.46. The van der Waals surface area contributed by atoms with E-state index in [1.54, 1.807) is 0 Å². The summed E-state index contributed by atoms with van der Waals surface area (Å²) in [5, 5.41) is 13.9. The summed E-state index contributed by atoms with van der Waals surface area (Å²) in [5.74, 6) is -0.168. The number of hydrogen-bond acceptors (Lipinski definition) is 6. The number of aliphatic hydroxyl groups excluding tert-OH is 1. The highest BCUT2D eigenvalue weighted by atomic mass is 31.2. The molecule has 0 aromatic heterocycles. The number of likely N-dealkylation sites (N-methyl/N-ethyl adjacent to an activating group) is 1. The van der Waals surface area contributed by atoms with Crippen LogP contribution in [-0.4, -0.2) is 68.5 Å². The maximum Gasteiger partial charge on any atom is 0.268 e. The van der Waals surface area contributed by atoms with Gasteiger partial charge in [-0.1, -0.05) is 193 Å². The van der Waals surface area contributed by atoms with E-state index in [1.807, 2.05) is 21.1 Å². The fraction of sp³-hybridized carbons (Fsp3) is 0.935. The van der Waals surface area contributed by atoms with E-state index in [1.165, 1.54) is 161 Å². The number of carbonyl (C=O) groups excluding carboxylic acids is 1. The van der Waals surface area contributed by atoms with Crippen molar-refractivity contribution in [2.24, 2.45) is 0 Å². The van der Waals surface area contributed by atoms with Crippen molar-refractivity contribution in [2.75, 3.05) is 40.9 Å². The number of phosphoric acid groups is 1. The Morgan fingerprint density at radius 1 is 0.618 bits per heavy atom. The summed E-state index contributed by atoms with van der Waals surface area (Å²) >= 11 is 0. The second-order valence-corrected chi connectivity index (χ2v) is 18.9. The highest BCUT2D eigenvalue weighted by Crippen LogP contribution is 2.38. The largest absolute Gasteiger partial charge is 0.756 e. The van der Waals surface area contributed by atoms with Crippen LogP contribution < -0.4 is 10.2 Å². The maximum atomic E-state index is 12.9. The third kappa shape index (κ3) is 41.2. The summed E-state index contributed by atoms with van der Waals surface area (Å²) in [7, 11) is 1.31. The van der Waals surface area contributed by atoms with E-state index in [-0.39, 0.29) is 19.1 Å². The number of phosphoric ester groups is 1. The summed E-state index contributed by atoms with van der Waals surface area (Å²) in [5.41, 5.74) is 0. The van der Waals surface area contributed by atoms with Crippen LogP contribution in [0.1, 0.15) is 226 Å². The maximum absolute atomic E-state index is 12.9. The number of hydrogen-bond donors (Lipinski definition) is 2. The van der Waals surface area contributed by atoms with Gasteiger partial charge in [0.2, 0.25) is 5.91 Å². The fourth-order valence-corrected chi connectivity index (χ4v) is 7.70. The molecule has 0 aromatic carbocycles. The summed E-state index contributed by atoms with van der Waals surface area (Å²) in [6.45, 7) is 4.73. The molecule has 55 heavy (non-hydrogen) atoms. The van der Waals surface area contributed by atoms with Crippen molar-refractivity contribution in [3.8, 4) is 0 Å². The molecule has 0 radical (unpaired) electrons. The molecule has 0 aliphatic carbocycles. The van der Waals surface area contributed by atoms with Crippen LogP contribution in [-0.2, 0) is 18.4 Å². The molecule has 9 heteroatoms. The lowest BCUT2D eigenvalue weighted by atomic mass is 10.0. The van der Waals surface area contributed by atoms with Gasteiger partial charge in [-0.05, 0) is 38.5 Å². The average Bonchev–Trinajstić information content (AvgIpc) is 3.13. The molecule has 0 saturated carbocycles. The number of unbranched alkanes of at least 4 members (excludes halogenated alkanes) is 28. The van der Waals surface area contributed by atoms with E-state index in [0.717, 1.165) is 38.5 Å². The fourth-order valence-electron chi connectivity index (χ4n) is 6.98. The highest BCUT2D eigenvalue weighted by molar-refractivity contribution is 7.45. The van der Waals surface area contributed by atoms with E-state index < -0.39 is 20.0 Å². The van der Waals surface area contributed by atoms with Crippen LogP contribution in [0.15, 0.2) is 12.2 Å². The Labute approximate surface area is 342 Å². The first-order chi connectivity index (χ1) is 26.5. The van der Waals surface area contributed by atoms with Crippen molar-refractivity contribution in [1.82, 2.24) is 5.32 Å². The van der Waals surface area contributed by atoms with Crippen molar-refractivity contribution >= 4 is 13.7 Å². The topological polar surface area (TPSA) is 108 Å². The number of allylic oxidation sites excluding steroid dienone is 2. The standard InChI is InChI=1S/C46H93N2O6P/c1-6-8-10-12-14-16-18-20-22-23-24-25-26-28-30-32-34-36-38-40-46(50)47-44(43-54-55(51,52)53-42-41-48(3,4)5)45(49)39-37-35-33-31-29-27-21-19-17-15-13-11-9-7-2/h23-24,44-45,49H,6-22,25-43H2,1-5H3,(H-,47,50,51,52)/b24-23-. The summed E-state index contributed by atoms with van der Waals surface area (Å²) < 4.78 is 23.3. The van der Waals surface area contributed by atoms with Crippen LogP contribution >= 0.6 is 7.82 Å². The molecule has 328 valence electrons. The molecule has 0 aromatic rings. The molecule has 0 heterocycles. The third-order valence-corrected chi connectivity index (χ3v) is 11.7. The molecular weight excluding hydrogens is 707 g/mol. The normalized spacial score (nSPS) is 14.4. The molecule has 0 bridgehead atoms. The van der Waals surface area contributed by atoms with E-state index in [4.69, 9.17) is 9.05 Å². The van der Waals surface area contributed by atoms with E-state index in [0.29, 0.717) is 23.9 Å². The minimum atomic E-state index is -4.56. The molecule has 0 aliphatic heterocycles. The van der Waals surface area contributed by atoms with Gasteiger partial charge in [-0.3, -0.25) is 9.36 Å². The SMILES string of the molecule is CCCCCCCCCC/C=C\CCCCCCCCCC(=O)NC(COP(=O)([O-])OCC[N+](C)(C)C)C(O)CCCCCCCCCCCCCCCC. The van der Waals surface area contributed by atoms with Crippen molar-refractivity contribution in [3.05, 3.63) is 12.2 Å².